The lowest BCUT2D eigenvalue weighted by atomic mass is 10.5. The second-order valence-corrected chi connectivity index (χ2v) is 4.83. The van der Waals surface area contributed by atoms with Gasteiger partial charge in [0.2, 0.25) is 5.52 Å². The first-order valence-electron chi connectivity index (χ1n) is 5.02. The van der Waals surface area contributed by atoms with Gasteiger partial charge in [-0.05, 0) is 13.8 Å². The summed E-state index contributed by atoms with van der Waals surface area (Å²) in [5.74, 6) is -0.490. The first-order chi connectivity index (χ1) is 7.46. The number of hydrogen-bond donors (Lipinski definition) is 0. The molecule has 0 radical (unpaired) electrons. The Morgan fingerprint density at radius 2 is 1.62 bits per heavy atom. The third-order valence-electron chi connectivity index (χ3n) is 1.52. The average Bonchev–Trinajstić information content (AvgIpc) is 2.17. The summed E-state index contributed by atoms with van der Waals surface area (Å²) in [7, 11) is -3.70. The molecule has 0 saturated heterocycles. The fourth-order valence-electron chi connectivity index (χ4n) is 0.940. The molecular formula is C9H17O6P. The molecule has 7 heteroatoms. The van der Waals surface area contributed by atoms with E-state index >= 15 is 0 Å². The van der Waals surface area contributed by atoms with Gasteiger partial charge in [0.25, 0.3) is 0 Å². The van der Waals surface area contributed by atoms with Crippen LogP contribution in [0.2, 0.25) is 0 Å². The molecule has 0 aromatic heterocycles. The highest BCUT2D eigenvalue weighted by atomic mass is 31.2. The SMILES string of the molecule is CCOP(=O)(OCC)C(=O)CCOC(C)=O. The van der Waals surface area contributed by atoms with Gasteiger partial charge in [-0.2, -0.15) is 0 Å². The molecule has 0 amide bonds. The van der Waals surface area contributed by atoms with Crippen molar-refractivity contribution in [1.29, 1.82) is 0 Å². The van der Waals surface area contributed by atoms with Gasteiger partial charge in [-0.1, -0.05) is 0 Å². The average molecular weight is 252 g/mol. The molecule has 0 aliphatic heterocycles. The Labute approximate surface area is 94.8 Å². The van der Waals surface area contributed by atoms with Crippen molar-refractivity contribution in [3.05, 3.63) is 0 Å². The van der Waals surface area contributed by atoms with Crippen LogP contribution in [0, 0.1) is 0 Å². The Bertz CT molecular complexity index is 278. The molecule has 0 unspecified atom stereocenters. The van der Waals surface area contributed by atoms with Crippen molar-refractivity contribution < 1.29 is 27.9 Å². The standard InChI is InChI=1S/C9H17O6P/c1-4-14-16(12,15-5-2)9(11)6-7-13-8(3)10/h4-7H2,1-3H3. The molecule has 0 aliphatic rings. The van der Waals surface area contributed by atoms with Gasteiger partial charge in [0.05, 0.1) is 26.2 Å². The van der Waals surface area contributed by atoms with Crippen LogP contribution in [-0.2, 0) is 27.9 Å². The molecule has 0 rings (SSSR count). The highest BCUT2D eigenvalue weighted by Gasteiger charge is 2.33. The third kappa shape index (κ3) is 5.39. The minimum absolute atomic E-state index is 0.113. The van der Waals surface area contributed by atoms with Crippen molar-refractivity contribution in [1.82, 2.24) is 0 Å². The van der Waals surface area contributed by atoms with E-state index in [9.17, 15) is 14.2 Å². The molecule has 0 N–H and O–H groups in total. The van der Waals surface area contributed by atoms with Crippen LogP contribution < -0.4 is 0 Å². The summed E-state index contributed by atoms with van der Waals surface area (Å²) in [4.78, 5) is 22.0. The second-order valence-electron chi connectivity index (χ2n) is 2.82. The number of carbonyl (C=O) groups is 2. The zero-order valence-corrected chi connectivity index (χ0v) is 10.6. The van der Waals surface area contributed by atoms with Crippen LogP contribution in [0.15, 0.2) is 0 Å². The van der Waals surface area contributed by atoms with Gasteiger partial charge in [0.1, 0.15) is 0 Å². The Morgan fingerprint density at radius 3 is 2.00 bits per heavy atom. The van der Waals surface area contributed by atoms with Crippen molar-refractivity contribution in [3.63, 3.8) is 0 Å². The number of esters is 1. The number of carbonyl (C=O) groups excluding carboxylic acids is 2. The van der Waals surface area contributed by atoms with E-state index in [1.165, 1.54) is 6.92 Å². The van der Waals surface area contributed by atoms with E-state index in [1.807, 2.05) is 0 Å². The van der Waals surface area contributed by atoms with Gasteiger partial charge in [-0.25, -0.2) is 0 Å². The lowest BCUT2D eigenvalue weighted by molar-refractivity contribution is -0.141. The summed E-state index contributed by atoms with van der Waals surface area (Å²) in [6, 6.07) is 0. The van der Waals surface area contributed by atoms with E-state index in [-0.39, 0.29) is 26.2 Å². The summed E-state index contributed by atoms with van der Waals surface area (Å²) in [6.45, 7) is 4.59. The maximum absolute atomic E-state index is 11.9. The Hall–Kier alpha value is -0.710. The van der Waals surface area contributed by atoms with Crippen molar-refractivity contribution in [3.8, 4) is 0 Å². The molecular weight excluding hydrogens is 235 g/mol. The zero-order chi connectivity index (χ0) is 12.6. The predicted octanol–water partition coefficient (Wildman–Crippen LogP) is 1.73. The molecule has 0 bridgehead atoms. The smallest absolute Gasteiger partial charge is 0.396 e. The van der Waals surface area contributed by atoms with E-state index in [0.717, 1.165) is 0 Å². The van der Waals surface area contributed by atoms with Crippen molar-refractivity contribution in [2.45, 2.75) is 27.2 Å². The maximum atomic E-state index is 11.9. The van der Waals surface area contributed by atoms with E-state index < -0.39 is 19.1 Å². The lowest BCUT2D eigenvalue weighted by Crippen LogP contribution is -2.11. The van der Waals surface area contributed by atoms with Gasteiger partial charge < -0.3 is 13.8 Å². The Balaban J connectivity index is 4.28. The third-order valence-corrected chi connectivity index (χ3v) is 3.56. The molecule has 6 nitrogen and oxygen atoms in total. The Kier molecular flexibility index (Phi) is 7.21. The van der Waals surface area contributed by atoms with Crippen LogP contribution in [0.3, 0.4) is 0 Å². The number of ether oxygens (including phenoxy) is 1. The predicted molar refractivity (Wildman–Crippen MR) is 57.1 cm³/mol. The summed E-state index contributed by atoms with van der Waals surface area (Å²) in [6.07, 6.45) is -0.170. The van der Waals surface area contributed by atoms with Crippen LogP contribution in [0.25, 0.3) is 0 Å². The maximum Gasteiger partial charge on any atom is 0.396 e. The second kappa shape index (κ2) is 7.54. The summed E-state index contributed by atoms with van der Waals surface area (Å²) < 4.78 is 26.1. The van der Waals surface area contributed by atoms with Gasteiger partial charge in [0.15, 0.2) is 0 Å². The highest BCUT2D eigenvalue weighted by molar-refractivity contribution is 7.71. The van der Waals surface area contributed by atoms with Crippen LogP contribution in [-0.4, -0.2) is 31.3 Å². The number of rotatable bonds is 8. The van der Waals surface area contributed by atoms with Gasteiger partial charge in [-0.3, -0.25) is 14.2 Å². The Morgan fingerprint density at radius 1 is 1.12 bits per heavy atom. The highest BCUT2D eigenvalue weighted by Crippen LogP contribution is 2.49. The quantitative estimate of drug-likeness (QED) is 0.483. The molecule has 16 heavy (non-hydrogen) atoms. The molecule has 94 valence electrons. The topological polar surface area (TPSA) is 78.9 Å². The van der Waals surface area contributed by atoms with Crippen LogP contribution in [0.1, 0.15) is 27.2 Å². The number of hydrogen-bond acceptors (Lipinski definition) is 6. The molecule has 0 atom stereocenters. The van der Waals surface area contributed by atoms with Crippen molar-refractivity contribution >= 4 is 19.1 Å². The minimum Gasteiger partial charge on any atom is -0.465 e. The summed E-state index contributed by atoms with van der Waals surface area (Å²) in [5, 5.41) is 0. The van der Waals surface area contributed by atoms with Crippen molar-refractivity contribution in [2.75, 3.05) is 19.8 Å². The molecule has 0 heterocycles. The van der Waals surface area contributed by atoms with Crippen molar-refractivity contribution in [2.24, 2.45) is 0 Å². The fraction of sp³-hybridized carbons (Fsp3) is 0.778. The van der Waals surface area contributed by atoms with Crippen LogP contribution in [0.5, 0.6) is 0 Å². The van der Waals surface area contributed by atoms with Crippen LogP contribution in [0.4, 0.5) is 0 Å². The van der Waals surface area contributed by atoms with Gasteiger partial charge in [0, 0.05) is 6.92 Å². The molecule has 0 spiro atoms. The fourth-order valence-corrected chi connectivity index (χ4v) is 2.35. The van der Waals surface area contributed by atoms with E-state index in [0.29, 0.717) is 0 Å². The van der Waals surface area contributed by atoms with E-state index in [1.54, 1.807) is 13.8 Å². The molecule has 0 aliphatic carbocycles. The largest absolute Gasteiger partial charge is 0.465 e. The minimum atomic E-state index is -3.70. The zero-order valence-electron chi connectivity index (χ0n) is 9.73. The van der Waals surface area contributed by atoms with Crippen LogP contribution >= 0.6 is 7.60 Å². The lowest BCUT2D eigenvalue weighted by Gasteiger charge is -2.15. The first kappa shape index (κ1) is 15.3. The van der Waals surface area contributed by atoms with E-state index in [2.05, 4.69) is 4.74 Å². The molecule has 0 fully saturated rings. The summed E-state index contributed by atoms with van der Waals surface area (Å²) >= 11 is 0. The van der Waals surface area contributed by atoms with Gasteiger partial charge in [-0.15, -0.1) is 0 Å². The molecule has 0 saturated carbocycles. The molecule has 0 aromatic rings. The first-order valence-corrected chi connectivity index (χ1v) is 6.56. The van der Waals surface area contributed by atoms with Gasteiger partial charge >= 0.3 is 13.6 Å². The summed E-state index contributed by atoms with van der Waals surface area (Å²) in [5.41, 5.74) is -0.669. The molecule has 0 aromatic carbocycles. The normalized spacial score (nSPS) is 11.2. The van der Waals surface area contributed by atoms with E-state index in [4.69, 9.17) is 9.05 Å². The monoisotopic (exact) mass is 252 g/mol.